The fraction of sp³-hybridized carbons (Fsp3) is 0.0833. The Morgan fingerprint density at radius 2 is 2.00 bits per heavy atom. The predicted octanol–water partition coefficient (Wildman–Crippen LogP) is 4.76. The van der Waals surface area contributed by atoms with E-state index >= 15 is 0 Å². The Kier molecular flexibility index (Phi) is 4.26. The number of rotatable bonds is 3. The Bertz CT molecular complexity index is 514. The lowest BCUT2D eigenvalue weighted by Gasteiger charge is -2.08. The molecule has 0 aliphatic rings. The summed E-state index contributed by atoms with van der Waals surface area (Å²) in [6.45, 7) is 0.620. The van der Waals surface area contributed by atoms with Gasteiger partial charge in [0.25, 0.3) is 0 Å². The van der Waals surface area contributed by atoms with Crippen molar-refractivity contribution in [1.29, 1.82) is 0 Å². The van der Waals surface area contributed by atoms with Crippen molar-refractivity contribution in [2.75, 3.05) is 5.32 Å². The number of nitrogens with zero attached hydrogens (tertiary/aromatic N) is 1. The fourth-order valence-corrected chi connectivity index (χ4v) is 2.04. The van der Waals surface area contributed by atoms with Gasteiger partial charge in [-0.25, -0.2) is 0 Å². The maximum Gasteiger partial charge on any atom is 0.0652 e. The zero-order valence-electron chi connectivity index (χ0n) is 8.75. The Balaban J connectivity index is 2.04. The molecule has 0 unspecified atom stereocenters. The summed E-state index contributed by atoms with van der Waals surface area (Å²) in [5, 5.41) is 4.44. The average molecular weight is 332 g/mol. The van der Waals surface area contributed by atoms with Gasteiger partial charge in [0, 0.05) is 15.7 Å². The van der Waals surface area contributed by atoms with E-state index in [1.54, 1.807) is 18.3 Å². The number of halogens is 3. The van der Waals surface area contributed by atoms with Gasteiger partial charge in [-0.3, -0.25) is 4.98 Å². The van der Waals surface area contributed by atoms with E-state index in [0.29, 0.717) is 16.6 Å². The molecule has 0 radical (unpaired) electrons. The quantitative estimate of drug-likeness (QED) is 0.876. The maximum absolute atomic E-state index is 6.05. The van der Waals surface area contributed by atoms with Gasteiger partial charge in [-0.2, -0.15) is 0 Å². The highest BCUT2D eigenvalue weighted by atomic mass is 79.9. The average Bonchev–Trinajstić information content (AvgIpc) is 2.30. The second-order valence-electron chi connectivity index (χ2n) is 3.45. The number of hydrogen-bond acceptors (Lipinski definition) is 2. The van der Waals surface area contributed by atoms with Crippen molar-refractivity contribution in [3.63, 3.8) is 0 Å². The highest BCUT2D eigenvalue weighted by molar-refractivity contribution is 9.10. The SMILES string of the molecule is Clc1ccc(NCc2ccc(Br)cn2)c(Cl)c1. The topological polar surface area (TPSA) is 24.9 Å². The zero-order chi connectivity index (χ0) is 12.3. The standard InChI is InChI=1S/C12H9BrCl2N2/c13-8-1-3-10(16-6-8)7-17-12-4-2-9(14)5-11(12)15/h1-6,17H,7H2. The van der Waals surface area contributed by atoms with Crippen LogP contribution in [0.4, 0.5) is 5.69 Å². The molecule has 0 saturated carbocycles. The van der Waals surface area contributed by atoms with Gasteiger partial charge in [0.2, 0.25) is 0 Å². The van der Waals surface area contributed by atoms with Crippen LogP contribution in [0, 0.1) is 0 Å². The second kappa shape index (κ2) is 5.71. The van der Waals surface area contributed by atoms with E-state index in [-0.39, 0.29) is 0 Å². The number of aromatic nitrogens is 1. The van der Waals surface area contributed by atoms with Crippen LogP contribution in [-0.2, 0) is 6.54 Å². The highest BCUT2D eigenvalue weighted by Gasteiger charge is 2.01. The van der Waals surface area contributed by atoms with Gasteiger partial charge in [0.05, 0.1) is 22.9 Å². The lowest BCUT2D eigenvalue weighted by molar-refractivity contribution is 1.04. The summed E-state index contributed by atoms with van der Waals surface area (Å²) in [7, 11) is 0. The summed E-state index contributed by atoms with van der Waals surface area (Å²) in [5.74, 6) is 0. The molecular formula is C12H9BrCl2N2. The number of nitrogens with one attached hydrogen (secondary N) is 1. The molecule has 2 rings (SSSR count). The molecule has 0 aliphatic carbocycles. The highest BCUT2D eigenvalue weighted by Crippen LogP contribution is 2.25. The molecule has 0 fully saturated rings. The van der Waals surface area contributed by atoms with Crippen LogP contribution in [0.2, 0.25) is 10.0 Å². The molecule has 1 heterocycles. The molecule has 0 amide bonds. The van der Waals surface area contributed by atoms with Gasteiger partial charge in [-0.15, -0.1) is 0 Å². The van der Waals surface area contributed by atoms with Crippen LogP contribution in [0.5, 0.6) is 0 Å². The smallest absolute Gasteiger partial charge is 0.0652 e. The number of pyridine rings is 1. The fourth-order valence-electron chi connectivity index (χ4n) is 1.33. The third-order valence-corrected chi connectivity index (χ3v) is 3.20. The van der Waals surface area contributed by atoms with Crippen LogP contribution in [0.1, 0.15) is 5.69 Å². The molecule has 0 aliphatic heterocycles. The molecule has 0 atom stereocenters. The van der Waals surface area contributed by atoms with Crippen molar-refractivity contribution in [2.45, 2.75) is 6.54 Å². The van der Waals surface area contributed by atoms with Crippen molar-refractivity contribution < 1.29 is 0 Å². The Labute approximate surface area is 118 Å². The van der Waals surface area contributed by atoms with Gasteiger partial charge >= 0.3 is 0 Å². The maximum atomic E-state index is 6.05. The van der Waals surface area contributed by atoms with Crippen molar-refractivity contribution in [3.8, 4) is 0 Å². The first-order valence-corrected chi connectivity index (χ1v) is 6.49. The first-order valence-electron chi connectivity index (χ1n) is 4.94. The third kappa shape index (κ3) is 3.60. The monoisotopic (exact) mass is 330 g/mol. The lowest BCUT2D eigenvalue weighted by atomic mass is 10.3. The normalized spacial score (nSPS) is 10.3. The molecule has 0 bridgehead atoms. The molecule has 0 spiro atoms. The van der Waals surface area contributed by atoms with Crippen molar-refractivity contribution in [1.82, 2.24) is 4.98 Å². The minimum atomic E-state index is 0.606. The van der Waals surface area contributed by atoms with E-state index in [1.807, 2.05) is 18.2 Å². The molecule has 1 aromatic heterocycles. The summed E-state index contributed by atoms with van der Waals surface area (Å²) >= 11 is 15.2. The summed E-state index contributed by atoms with van der Waals surface area (Å²) in [4.78, 5) is 4.26. The number of anilines is 1. The molecule has 2 nitrogen and oxygen atoms in total. The minimum absolute atomic E-state index is 0.606. The number of hydrogen-bond donors (Lipinski definition) is 1. The molecule has 1 aromatic carbocycles. The van der Waals surface area contributed by atoms with Crippen LogP contribution in [0.25, 0.3) is 0 Å². The number of benzene rings is 1. The molecule has 2 aromatic rings. The van der Waals surface area contributed by atoms with Crippen LogP contribution in [-0.4, -0.2) is 4.98 Å². The van der Waals surface area contributed by atoms with E-state index in [2.05, 4.69) is 26.2 Å². The molecular weight excluding hydrogens is 323 g/mol. The van der Waals surface area contributed by atoms with Crippen LogP contribution >= 0.6 is 39.1 Å². The first-order chi connectivity index (χ1) is 8.15. The van der Waals surface area contributed by atoms with Crippen LogP contribution in [0.15, 0.2) is 41.0 Å². The third-order valence-electron chi connectivity index (χ3n) is 2.18. The van der Waals surface area contributed by atoms with Gasteiger partial charge in [0.15, 0.2) is 0 Å². The Morgan fingerprint density at radius 1 is 1.18 bits per heavy atom. The van der Waals surface area contributed by atoms with Crippen LogP contribution in [0.3, 0.4) is 0 Å². The lowest BCUT2D eigenvalue weighted by Crippen LogP contribution is -2.01. The Morgan fingerprint density at radius 3 is 2.65 bits per heavy atom. The van der Waals surface area contributed by atoms with Gasteiger partial charge in [0.1, 0.15) is 0 Å². The first kappa shape index (κ1) is 12.7. The largest absolute Gasteiger partial charge is 0.378 e. The second-order valence-corrected chi connectivity index (χ2v) is 5.20. The van der Waals surface area contributed by atoms with E-state index in [0.717, 1.165) is 15.9 Å². The van der Waals surface area contributed by atoms with E-state index in [4.69, 9.17) is 23.2 Å². The minimum Gasteiger partial charge on any atom is -0.378 e. The van der Waals surface area contributed by atoms with Gasteiger partial charge in [-0.1, -0.05) is 23.2 Å². The predicted molar refractivity (Wildman–Crippen MR) is 75.7 cm³/mol. The van der Waals surface area contributed by atoms with Gasteiger partial charge < -0.3 is 5.32 Å². The molecule has 88 valence electrons. The van der Waals surface area contributed by atoms with Crippen molar-refractivity contribution in [3.05, 3.63) is 56.7 Å². The van der Waals surface area contributed by atoms with E-state index < -0.39 is 0 Å². The molecule has 0 saturated heterocycles. The summed E-state index contributed by atoms with van der Waals surface area (Å²) in [5.41, 5.74) is 1.79. The summed E-state index contributed by atoms with van der Waals surface area (Å²) < 4.78 is 0.964. The van der Waals surface area contributed by atoms with E-state index in [9.17, 15) is 0 Å². The summed E-state index contributed by atoms with van der Waals surface area (Å²) in [6.07, 6.45) is 1.76. The molecule has 17 heavy (non-hydrogen) atoms. The zero-order valence-corrected chi connectivity index (χ0v) is 11.9. The van der Waals surface area contributed by atoms with E-state index in [1.165, 1.54) is 0 Å². The summed E-state index contributed by atoms with van der Waals surface area (Å²) in [6, 6.07) is 9.25. The van der Waals surface area contributed by atoms with Crippen molar-refractivity contribution >= 4 is 44.8 Å². The van der Waals surface area contributed by atoms with Gasteiger partial charge in [-0.05, 0) is 46.3 Å². The molecule has 1 N–H and O–H groups in total. The molecule has 5 heteroatoms. The Hall–Kier alpha value is -0.770. The van der Waals surface area contributed by atoms with Crippen LogP contribution < -0.4 is 5.32 Å². The van der Waals surface area contributed by atoms with Crippen molar-refractivity contribution in [2.24, 2.45) is 0 Å².